The van der Waals surface area contributed by atoms with Crippen molar-refractivity contribution in [3.8, 4) is 11.5 Å². The molecule has 0 aromatic heterocycles. The van der Waals surface area contributed by atoms with E-state index in [2.05, 4.69) is 0 Å². The molecule has 1 atom stereocenters. The van der Waals surface area contributed by atoms with E-state index >= 15 is 0 Å². The van der Waals surface area contributed by atoms with Crippen LogP contribution >= 0.6 is 11.8 Å². The number of carboxylic acid groups (broad SMARTS) is 2. The van der Waals surface area contributed by atoms with Gasteiger partial charge in [-0.3, -0.25) is 9.59 Å². The Morgan fingerprint density at radius 1 is 1.00 bits per heavy atom. The van der Waals surface area contributed by atoms with E-state index in [4.69, 9.17) is 10.2 Å². The van der Waals surface area contributed by atoms with Gasteiger partial charge >= 0.3 is 11.9 Å². The minimum atomic E-state index is -1.28. The van der Waals surface area contributed by atoms with Crippen molar-refractivity contribution in [2.24, 2.45) is 0 Å². The predicted octanol–water partition coefficient (Wildman–Crippen LogP) is 2.04. The standard InChI is InChI=1S/C13H16O6S/c1-5-6(2)11(17)12(7(3)10(5)16)20-8(13(18)19)4-9(14)15/h8,16-17H,4H2,1-3H3,(H,14,15)(H,18,19)/t8-/m0/s1. The molecule has 1 aromatic carbocycles. The second-order valence-corrected chi connectivity index (χ2v) is 5.66. The summed E-state index contributed by atoms with van der Waals surface area (Å²) in [6, 6.07) is 0. The first-order valence-electron chi connectivity index (χ1n) is 5.79. The molecule has 0 amide bonds. The average molecular weight is 300 g/mol. The molecule has 4 N–H and O–H groups in total. The van der Waals surface area contributed by atoms with Gasteiger partial charge in [-0.1, -0.05) is 0 Å². The van der Waals surface area contributed by atoms with Crippen LogP contribution in [0.25, 0.3) is 0 Å². The highest BCUT2D eigenvalue weighted by molar-refractivity contribution is 8.00. The maximum absolute atomic E-state index is 11.1. The second-order valence-electron chi connectivity index (χ2n) is 4.44. The summed E-state index contributed by atoms with van der Waals surface area (Å²) < 4.78 is 0. The van der Waals surface area contributed by atoms with E-state index < -0.39 is 23.6 Å². The van der Waals surface area contributed by atoms with Crippen molar-refractivity contribution in [1.29, 1.82) is 0 Å². The number of hydrogen-bond acceptors (Lipinski definition) is 5. The van der Waals surface area contributed by atoms with Gasteiger partial charge in [0.2, 0.25) is 0 Å². The molecule has 0 unspecified atom stereocenters. The number of phenolic OH excluding ortho intramolecular Hbond substituents is 2. The topological polar surface area (TPSA) is 115 Å². The fourth-order valence-corrected chi connectivity index (χ4v) is 2.87. The molecule has 0 radical (unpaired) electrons. The van der Waals surface area contributed by atoms with E-state index in [1.54, 1.807) is 20.8 Å². The fraction of sp³-hybridized carbons (Fsp3) is 0.385. The van der Waals surface area contributed by atoms with Crippen LogP contribution in [0, 0.1) is 20.8 Å². The van der Waals surface area contributed by atoms with Crippen molar-refractivity contribution < 1.29 is 30.0 Å². The summed E-state index contributed by atoms with van der Waals surface area (Å²) in [7, 11) is 0. The van der Waals surface area contributed by atoms with E-state index in [9.17, 15) is 19.8 Å². The van der Waals surface area contributed by atoms with Crippen molar-refractivity contribution in [1.82, 2.24) is 0 Å². The molecule has 0 bridgehead atoms. The van der Waals surface area contributed by atoms with Crippen LogP contribution in [0.3, 0.4) is 0 Å². The number of aromatic hydroxyl groups is 2. The first-order valence-corrected chi connectivity index (χ1v) is 6.67. The maximum Gasteiger partial charge on any atom is 0.317 e. The van der Waals surface area contributed by atoms with Crippen LogP contribution in [0.5, 0.6) is 11.5 Å². The Bertz CT molecular complexity index is 537. The average Bonchev–Trinajstić information content (AvgIpc) is 2.37. The molecule has 0 heterocycles. The quantitative estimate of drug-likeness (QED) is 0.486. The molecule has 6 nitrogen and oxygen atoms in total. The first kappa shape index (κ1) is 16.2. The summed E-state index contributed by atoms with van der Waals surface area (Å²) >= 11 is 0.725. The van der Waals surface area contributed by atoms with E-state index in [0.29, 0.717) is 16.7 Å². The highest BCUT2D eigenvalue weighted by atomic mass is 32.2. The third kappa shape index (κ3) is 3.16. The van der Waals surface area contributed by atoms with E-state index in [0.717, 1.165) is 11.8 Å². The Kier molecular flexibility index (Phi) is 4.88. The molecular formula is C13H16O6S. The van der Waals surface area contributed by atoms with Crippen LogP contribution in [-0.4, -0.2) is 37.6 Å². The Morgan fingerprint density at radius 2 is 1.50 bits per heavy atom. The molecule has 0 aliphatic carbocycles. The number of hydrogen-bond donors (Lipinski definition) is 4. The van der Waals surface area contributed by atoms with Crippen LogP contribution in [0.15, 0.2) is 4.90 Å². The van der Waals surface area contributed by atoms with Crippen LogP contribution in [0.2, 0.25) is 0 Å². The van der Waals surface area contributed by atoms with Gasteiger partial charge in [0.15, 0.2) is 0 Å². The molecule has 7 heteroatoms. The Labute approximate surface area is 120 Å². The second kappa shape index (κ2) is 6.04. The molecule has 0 aliphatic rings. The number of aliphatic carboxylic acids is 2. The third-order valence-corrected chi connectivity index (χ3v) is 4.47. The Hall–Kier alpha value is -1.89. The number of benzene rings is 1. The van der Waals surface area contributed by atoms with Gasteiger partial charge in [0.25, 0.3) is 0 Å². The minimum absolute atomic E-state index is 0.0257. The summed E-state index contributed by atoms with van der Waals surface area (Å²) in [4.78, 5) is 21.9. The molecule has 110 valence electrons. The first-order chi connectivity index (χ1) is 9.16. The lowest BCUT2D eigenvalue weighted by atomic mass is 10.0. The lowest BCUT2D eigenvalue weighted by Gasteiger charge is -2.17. The Balaban J connectivity index is 3.26. The molecule has 0 aliphatic heterocycles. The van der Waals surface area contributed by atoms with Gasteiger partial charge in [-0.15, -0.1) is 11.8 Å². The molecule has 20 heavy (non-hydrogen) atoms. The van der Waals surface area contributed by atoms with Gasteiger partial charge in [-0.05, 0) is 31.9 Å². The molecule has 0 saturated heterocycles. The highest BCUT2D eigenvalue weighted by Crippen LogP contribution is 2.43. The molecule has 1 aromatic rings. The summed E-state index contributed by atoms with van der Waals surface area (Å²) in [5.74, 6) is -2.68. The van der Waals surface area contributed by atoms with Gasteiger partial charge in [0, 0.05) is 5.56 Å². The van der Waals surface area contributed by atoms with E-state index in [1.807, 2.05) is 0 Å². The normalized spacial score (nSPS) is 12.2. The molecule has 0 fully saturated rings. The van der Waals surface area contributed by atoms with Crippen molar-refractivity contribution in [2.75, 3.05) is 0 Å². The van der Waals surface area contributed by atoms with Gasteiger partial charge in [-0.25, -0.2) is 0 Å². The fourth-order valence-electron chi connectivity index (χ4n) is 1.72. The summed E-state index contributed by atoms with van der Waals surface area (Å²) in [6.45, 7) is 4.78. The van der Waals surface area contributed by atoms with Crippen LogP contribution in [0.1, 0.15) is 23.1 Å². The van der Waals surface area contributed by atoms with Crippen LogP contribution < -0.4 is 0 Å². The Morgan fingerprint density at radius 3 is 1.95 bits per heavy atom. The molecule has 0 saturated carbocycles. The number of carbonyl (C=O) groups is 2. The van der Waals surface area contributed by atoms with E-state index in [-0.39, 0.29) is 16.4 Å². The van der Waals surface area contributed by atoms with Crippen LogP contribution in [0.4, 0.5) is 0 Å². The van der Waals surface area contributed by atoms with Gasteiger partial charge in [0.05, 0.1) is 11.3 Å². The molecule has 0 spiro atoms. The number of phenols is 2. The van der Waals surface area contributed by atoms with Gasteiger partial charge in [0.1, 0.15) is 16.7 Å². The minimum Gasteiger partial charge on any atom is -0.507 e. The summed E-state index contributed by atoms with van der Waals surface area (Å²) in [5, 5.41) is 36.5. The SMILES string of the molecule is Cc1c(C)c(O)c(S[C@@H](CC(=O)O)C(=O)O)c(C)c1O. The zero-order valence-corrected chi connectivity index (χ0v) is 12.1. The van der Waals surface area contributed by atoms with Crippen molar-refractivity contribution in [3.63, 3.8) is 0 Å². The summed E-state index contributed by atoms with van der Waals surface area (Å²) in [5.41, 5.74) is 1.29. The number of thioether (sulfide) groups is 1. The summed E-state index contributed by atoms with van der Waals surface area (Å²) in [6.07, 6.45) is -0.577. The lowest BCUT2D eigenvalue weighted by molar-refractivity contribution is -0.142. The zero-order chi connectivity index (χ0) is 15.6. The third-order valence-electron chi connectivity index (χ3n) is 3.08. The largest absolute Gasteiger partial charge is 0.507 e. The molecule has 1 rings (SSSR count). The highest BCUT2D eigenvalue weighted by Gasteiger charge is 2.26. The van der Waals surface area contributed by atoms with E-state index in [1.165, 1.54) is 0 Å². The smallest absolute Gasteiger partial charge is 0.317 e. The van der Waals surface area contributed by atoms with Crippen molar-refractivity contribution >= 4 is 23.7 Å². The van der Waals surface area contributed by atoms with Crippen LogP contribution in [-0.2, 0) is 9.59 Å². The van der Waals surface area contributed by atoms with Crippen molar-refractivity contribution in [3.05, 3.63) is 16.7 Å². The van der Waals surface area contributed by atoms with Crippen molar-refractivity contribution in [2.45, 2.75) is 37.3 Å². The maximum atomic E-state index is 11.1. The molecular weight excluding hydrogens is 284 g/mol. The number of rotatable bonds is 5. The monoisotopic (exact) mass is 300 g/mol. The lowest BCUT2D eigenvalue weighted by Crippen LogP contribution is -2.20. The van der Waals surface area contributed by atoms with Gasteiger partial charge < -0.3 is 20.4 Å². The predicted molar refractivity (Wildman–Crippen MR) is 73.5 cm³/mol. The number of carboxylic acids is 2. The van der Waals surface area contributed by atoms with Gasteiger partial charge in [-0.2, -0.15) is 0 Å². The zero-order valence-electron chi connectivity index (χ0n) is 11.3.